The third kappa shape index (κ3) is 5.08. The molecule has 1 amide bonds. The fourth-order valence-corrected chi connectivity index (χ4v) is 6.10. The number of carbonyl (C=O) groups is 1. The van der Waals surface area contributed by atoms with Crippen LogP contribution in [0.4, 0.5) is 10.5 Å². The molecule has 2 saturated heterocycles. The van der Waals surface area contributed by atoms with Crippen LogP contribution in [0.25, 0.3) is 0 Å². The molecule has 4 atom stereocenters. The molecule has 5 rings (SSSR count). The highest BCUT2D eigenvalue weighted by Crippen LogP contribution is 2.30. The fraction of sp³-hybridized carbons (Fsp3) is 0.261. The summed E-state index contributed by atoms with van der Waals surface area (Å²) in [4.78, 5) is 12.4. The molecule has 0 saturated carbocycles. The van der Waals surface area contributed by atoms with E-state index in [9.17, 15) is 13.2 Å². The van der Waals surface area contributed by atoms with Gasteiger partial charge in [-0.05, 0) is 47.8 Å². The van der Waals surface area contributed by atoms with Gasteiger partial charge in [-0.25, -0.2) is 17.9 Å². The number of fused-ring (bicyclic) bond motifs is 1. The number of hydrogen-bond donors (Lipinski definition) is 2. The SMILES string of the molecule is O=C(Nc1ccc(Oc2ccccc2)cc1)OC1COC2C(NS(=O)(=O)c3cccs3)COC12. The summed E-state index contributed by atoms with van der Waals surface area (Å²) in [5.41, 5.74) is 0.537. The Morgan fingerprint density at radius 1 is 0.912 bits per heavy atom. The maximum Gasteiger partial charge on any atom is 0.412 e. The minimum atomic E-state index is -3.67. The van der Waals surface area contributed by atoms with Gasteiger partial charge in [-0.2, -0.15) is 0 Å². The van der Waals surface area contributed by atoms with Gasteiger partial charge in [0, 0.05) is 5.69 Å². The largest absolute Gasteiger partial charge is 0.457 e. The Balaban J connectivity index is 1.13. The van der Waals surface area contributed by atoms with Crippen molar-refractivity contribution < 1.29 is 32.2 Å². The van der Waals surface area contributed by atoms with Gasteiger partial charge in [0.05, 0.1) is 19.3 Å². The Morgan fingerprint density at radius 3 is 2.38 bits per heavy atom. The summed E-state index contributed by atoms with van der Waals surface area (Å²) < 4.78 is 50.5. The van der Waals surface area contributed by atoms with E-state index in [1.165, 1.54) is 6.07 Å². The van der Waals surface area contributed by atoms with Gasteiger partial charge in [-0.15, -0.1) is 11.3 Å². The van der Waals surface area contributed by atoms with Crippen LogP contribution >= 0.6 is 11.3 Å². The average molecular weight is 503 g/mol. The summed E-state index contributed by atoms with van der Waals surface area (Å²) in [6.07, 6.45) is -2.40. The highest BCUT2D eigenvalue weighted by Gasteiger charge is 2.50. The smallest absolute Gasteiger partial charge is 0.412 e. The number of thiophene rings is 1. The normalized spacial score (nSPS) is 23.9. The predicted molar refractivity (Wildman–Crippen MR) is 125 cm³/mol. The third-order valence-electron chi connectivity index (χ3n) is 5.41. The van der Waals surface area contributed by atoms with Crippen LogP contribution in [-0.2, 0) is 24.2 Å². The number of nitrogens with one attached hydrogen (secondary N) is 2. The minimum absolute atomic E-state index is 0.115. The molecule has 2 aliphatic rings. The Kier molecular flexibility index (Phi) is 6.53. The molecule has 2 fully saturated rings. The fourth-order valence-electron chi connectivity index (χ4n) is 3.86. The molecule has 0 bridgehead atoms. The first-order valence-corrected chi connectivity index (χ1v) is 12.9. The number of hydrogen-bond acceptors (Lipinski definition) is 8. The van der Waals surface area contributed by atoms with Crippen molar-refractivity contribution in [3.63, 3.8) is 0 Å². The molecule has 9 nitrogen and oxygen atoms in total. The van der Waals surface area contributed by atoms with Crippen LogP contribution in [-0.4, -0.2) is 52.1 Å². The second-order valence-corrected chi connectivity index (χ2v) is 10.7. The zero-order chi connectivity index (χ0) is 23.5. The molecular weight excluding hydrogens is 480 g/mol. The number of amides is 1. The first-order valence-electron chi connectivity index (χ1n) is 10.6. The predicted octanol–water partition coefficient (Wildman–Crippen LogP) is 3.60. The monoisotopic (exact) mass is 502 g/mol. The van der Waals surface area contributed by atoms with Gasteiger partial charge in [0.15, 0.2) is 6.10 Å². The summed E-state index contributed by atoms with van der Waals surface area (Å²) in [6.45, 7) is 0.244. The maximum absolute atomic E-state index is 12.5. The van der Waals surface area contributed by atoms with Crippen LogP contribution in [0.3, 0.4) is 0 Å². The van der Waals surface area contributed by atoms with E-state index in [1.54, 1.807) is 35.7 Å². The van der Waals surface area contributed by atoms with E-state index < -0.39 is 40.5 Å². The van der Waals surface area contributed by atoms with Crippen molar-refractivity contribution in [3.05, 3.63) is 72.1 Å². The number of ether oxygens (including phenoxy) is 4. The molecule has 3 aromatic rings. The lowest BCUT2D eigenvalue weighted by atomic mass is 10.1. The Bertz CT molecular complexity index is 1220. The van der Waals surface area contributed by atoms with E-state index >= 15 is 0 Å². The Morgan fingerprint density at radius 2 is 1.65 bits per heavy atom. The van der Waals surface area contributed by atoms with Crippen molar-refractivity contribution in [1.29, 1.82) is 0 Å². The van der Waals surface area contributed by atoms with Gasteiger partial charge < -0.3 is 18.9 Å². The van der Waals surface area contributed by atoms with Crippen LogP contribution in [0.2, 0.25) is 0 Å². The number of rotatable bonds is 7. The Labute approximate surface area is 200 Å². The molecule has 4 unspecified atom stereocenters. The van der Waals surface area contributed by atoms with E-state index in [2.05, 4.69) is 10.0 Å². The molecule has 2 N–H and O–H groups in total. The van der Waals surface area contributed by atoms with Crippen molar-refractivity contribution in [2.45, 2.75) is 28.6 Å². The molecule has 3 heterocycles. The van der Waals surface area contributed by atoms with Crippen LogP contribution < -0.4 is 14.8 Å². The van der Waals surface area contributed by atoms with Gasteiger partial charge in [0.2, 0.25) is 10.0 Å². The van der Waals surface area contributed by atoms with E-state index in [0.29, 0.717) is 17.2 Å². The van der Waals surface area contributed by atoms with E-state index in [4.69, 9.17) is 18.9 Å². The van der Waals surface area contributed by atoms with Gasteiger partial charge in [0.1, 0.15) is 27.9 Å². The molecular formula is C23H22N2O7S2. The van der Waals surface area contributed by atoms with Crippen LogP contribution in [0.15, 0.2) is 76.3 Å². The van der Waals surface area contributed by atoms with Crippen molar-refractivity contribution in [2.75, 3.05) is 18.5 Å². The molecule has 11 heteroatoms. The second-order valence-electron chi connectivity index (χ2n) is 7.76. The summed E-state index contributed by atoms with van der Waals surface area (Å²) in [5.74, 6) is 1.35. The zero-order valence-corrected chi connectivity index (χ0v) is 19.5. The van der Waals surface area contributed by atoms with Crippen LogP contribution in [0, 0.1) is 0 Å². The average Bonchev–Trinajstić information content (AvgIpc) is 3.57. The molecule has 0 spiro atoms. The van der Waals surface area contributed by atoms with Gasteiger partial charge in [0.25, 0.3) is 0 Å². The number of benzene rings is 2. The zero-order valence-electron chi connectivity index (χ0n) is 17.8. The molecule has 34 heavy (non-hydrogen) atoms. The molecule has 2 aliphatic heterocycles. The molecule has 178 valence electrons. The Hall–Kier alpha value is -2.96. The lowest BCUT2D eigenvalue weighted by Crippen LogP contribution is -2.44. The van der Waals surface area contributed by atoms with Crippen molar-refractivity contribution in [2.24, 2.45) is 0 Å². The highest BCUT2D eigenvalue weighted by atomic mass is 32.2. The number of carbonyl (C=O) groups excluding carboxylic acids is 1. The van der Waals surface area contributed by atoms with Gasteiger partial charge in [-0.3, -0.25) is 5.32 Å². The summed E-state index contributed by atoms with van der Waals surface area (Å²) in [6, 6.07) is 18.9. The first-order chi connectivity index (χ1) is 16.5. The molecule has 0 radical (unpaired) electrons. The standard InChI is InChI=1S/C23H22N2O7S2/c26-23(24-15-8-10-17(11-9-15)31-16-5-2-1-3-6-16)32-19-14-30-21-18(13-29-22(19)21)25-34(27,28)20-7-4-12-33-20/h1-12,18-19,21-22,25H,13-14H2,(H,24,26). The van der Waals surface area contributed by atoms with Gasteiger partial charge >= 0.3 is 6.09 Å². The van der Waals surface area contributed by atoms with Crippen LogP contribution in [0.5, 0.6) is 11.5 Å². The van der Waals surface area contributed by atoms with E-state index in [1.807, 2.05) is 30.3 Å². The lowest BCUT2D eigenvalue weighted by Gasteiger charge is -2.18. The number of sulfonamides is 1. The van der Waals surface area contributed by atoms with E-state index in [-0.39, 0.29) is 17.4 Å². The van der Waals surface area contributed by atoms with Crippen molar-refractivity contribution in [1.82, 2.24) is 4.72 Å². The van der Waals surface area contributed by atoms with Crippen LogP contribution in [0.1, 0.15) is 0 Å². The first kappa shape index (κ1) is 22.8. The highest BCUT2D eigenvalue weighted by molar-refractivity contribution is 7.91. The van der Waals surface area contributed by atoms with Crippen molar-refractivity contribution in [3.8, 4) is 11.5 Å². The quantitative estimate of drug-likeness (QED) is 0.508. The second kappa shape index (κ2) is 9.72. The molecule has 0 aliphatic carbocycles. The summed E-state index contributed by atoms with van der Waals surface area (Å²) >= 11 is 1.13. The number of para-hydroxylation sites is 1. The summed E-state index contributed by atoms with van der Waals surface area (Å²) in [7, 11) is -3.67. The topological polar surface area (TPSA) is 112 Å². The minimum Gasteiger partial charge on any atom is -0.457 e. The van der Waals surface area contributed by atoms with Crippen molar-refractivity contribution >= 4 is 33.1 Å². The maximum atomic E-state index is 12.5. The third-order valence-corrected chi connectivity index (χ3v) is 8.30. The molecule has 2 aromatic carbocycles. The lowest BCUT2D eigenvalue weighted by molar-refractivity contribution is 0.00883. The van der Waals surface area contributed by atoms with E-state index in [0.717, 1.165) is 11.3 Å². The molecule has 1 aromatic heterocycles. The van der Waals surface area contributed by atoms with Gasteiger partial charge in [-0.1, -0.05) is 24.3 Å². The number of anilines is 1. The summed E-state index contributed by atoms with van der Waals surface area (Å²) in [5, 5.41) is 4.37.